The van der Waals surface area contributed by atoms with Gasteiger partial charge < -0.3 is 10.7 Å². The first-order valence-corrected chi connectivity index (χ1v) is 6.83. The van der Waals surface area contributed by atoms with Gasteiger partial charge in [0.2, 0.25) is 0 Å². The molecule has 8 nitrogen and oxygen atoms in total. The van der Waals surface area contributed by atoms with Crippen molar-refractivity contribution in [2.24, 2.45) is 5.73 Å². The van der Waals surface area contributed by atoms with Crippen molar-refractivity contribution >= 4 is 17.1 Å². The molecule has 0 spiro atoms. The minimum atomic E-state index is -0.727. The third kappa shape index (κ3) is 2.24. The van der Waals surface area contributed by atoms with Crippen molar-refractivity contribution < 1.29 is 4.79 Å². The second-order valence-electron chi connectivity index (χ2n) is 4.76. The van der Waals surface area contributed by atoms with Gasteiger partial charge in [-0.2, -0.15) is 0 Å². The summed E-state index contributed by atoms with van der Waals surface area (Å²) in [5.41, 5.74) is 6.14. The fourth-order valence-corrected chi connectivity index (χ4v) is 2.25. The number of nitrogens with zero attached hydrogens (tertiary/aromatic N) is 4. The van der Waals surface area contributed by atoms with Crippen LogP contribution in [0.2, 0.25) is 0 Å². The molecule has 3 rings (SSSR count). The van der Waals surface area contributed by atoms with E-state index in [0.29, 0.717) is 17.9 Å². The molecule has 0 bridgehead atoms. The Labute approximate surface area is 125 Å². The number of fused-ring (bicyclic) bond motifs is 1. The zero-order valence-corrected chi connectivity index (χ0v) is 11.9. The van der Waals surface area contributed by atoms with Gasteiger partial charge in [-0.15, -0.1) is 0 Å². The molecule has 0 saturated heterocycles. The standard InChI is InChI=1S/C14H14N6O2/c1-2-7-20-13-10(18-14(20)22)9(11(15)21)17-12(19-13)8-5-3-4-6-16-8/h3-6H,2,7H2,1H3,(H2,15,21)(H,18,22). The molecule has 3 heterocycles. The maximum Gasteiger partial charge on any atom is 0.327 e. The van der Waals surface area contributed by atoms with Gasteiger partial charge in [-0.25, -0.2) is 14.8 Å². The third-order valence-electron chi connectivity index (χ3n) is 3.20. The lowest BCUT2D eigenvalue weighted by Crippen LogP contribution is -2.16. The number of imidazole rings is 1. The van der Waals surface area contributed by atoms with E-state index in [-0.39, 0.29) is 22.7 Å². The number of hydrogen-bond donors (Lipinski definition) is 2. The van der Waals surface area contributed by atoms with Crippen molar-refractivity contribution in [2.75, 3.05) is 0 Å². The highest BCUT2D eigenvalue weighted by atomic mass is 16.2. The Bertz CT molecular complexity index is 897. The maximum atomic E-state index is 12.0. The first-order valence-electron chi connectivity index (χ1n) is 6.83. The van der Waals surface area contributed by atoms with Crippen molar-refractivity contribution in [3.63, 3.8) is 0 Å². The Morgan fingerprint density at radius 2 is 2.18 bits per heavy atom. The zero-order valence-electron chi connectivity index (χ0n) is 11.9. The lowest BCUT2D eigenvalue weighted by molar-refractivity contribution is 0.0997. The van der Waals surface area contributed by atoms with Crippen LogP contribution in [0.1, 0.15) is 23.8 Å². The minimum absolute atomic E-state index is 0.0161. The summed E-state index contributed by atoms with van der Waals surface area (Å²) >= 11 is 0. The number of carbonyl (C=O) groups excluding carboxylic acids is 1. The molecule has 3 aromatic rings. The Morgan fingerprint density at radius 1 is 1.36 bits per heavy atom. The molecule has 0 saturated carbocycles. The molecule has 22 heavy (non-hydrogen) atoms. The predicted molar refractivity (Wildman–Crippen MR) is 80.2 cm³/mol. The number of aromatic amines is 1. The summed E-state index contributed by atoms with van der Waals surface area (Å²) in [5.74, 6) is -0.472. The topological polar surface area (TPSA) is 120 Å². The number of aromatic nitrogens is 5. The second-order valence-corrected chi connectivity index (χ2v) is 4.76. The summed E-state index contributed by atoms with van der Waals surface area (Å²) < 4.78 is 1.47. The highest BCUT2D eigenvalue weighted by molar-refractivity contribution is 6.01. The first-order chi connectivity index (χ1) is 10.6. The molecular formula is C14H14N6O2. The van der Waals surface area contributed by atoms with Crippen LogP contribution in [0.4, 0.5) is 0 Å². The van der Waals surface area contributed by atoms with Crippen molar-refractivity contribution in [1.82, 2.24) is 24.5 Å². The predicted octanol–water partition coefficient (Wildman–Crippen LogP) is 0.690. The van der Waals surface area contributed by atoms with Crippen LogP contribution in [-0.4, -0.2) is 30.4 Å². The van der Waals surface area contributed by atoms with E-state index < -0.39 is 5.91 Å². The first kappa shape index (κ1) is 13.9. The number of pyridine rings is 1. The molecule has 0 aliphatic rings. The number of H-pyrrole nitrogens is 1. The van der Waals surface area contributed by atoms with Crippen molar-refractivity contribution in [3.8, 4) is 11.5 Å². The second kappa shape index (κ2) is 5.40. The van der Waals surface area contributed by atoms with Crippen molar-refractivity contribution in [2.45, 2.75) is 19.9 Å². The SMILES string of the molecule is CCCn1c(=O)[nH]c2c(C(N)=O)nc(-c3ccccn3)nc21. The van der Waals surface area contributed by atoms with Gasteiger partial charge in [-0.3, -0.25) is 14.3 Å². The molecule has 0 aliphatic heterocycles. The molecule has 112 valence electrons. The minimum Gasteiger partial charge on any atom is -0.364 e. The normalized spacial score (nSPS) is 11.0. The van der Waals surface area contributed by atoms with Gasteiger partial charge in [0.1, 0.15) is 11.2 Å². The summed E-state index contributed by atoms with van der Waals surface area (Å²) in [5, 5.41) is 0. The van der Waals surface area contributed by atoms with Gasteiger partial charge in [0.15, 0.2) is 17.2 Å². The van der Waals surface area contributed by atoms with Gasteiger partial charge in [0, 0.05) is 12.7 Å². The van der Waals surface area contributed by atoms with Crippen LogP contribution in [0.25, 0.3) is 22.7 Å². The van der Waals surface area contributed by atoms with Gasteiger partial charge in [-0.1, -0.05) is 13.0 Å². The molecule has 3 N–H and O–H groups in total. The van der Waals surface area contributed by atoms with Gasteiger partial charge >= 0.3 is 5.69 Å². The highest BCUT2D eigenvalue weighted by Crippen LogP contribution is 2.18. The van der Waals surface area contributed by atoms with E-state index in [4.69, 9.17) is 5.73 Å². The average molecular weight is 298 g/mol. The number of hydrogen-bond acceptors (Lipinski definition) is 5. The molecule has 0 fully saturated rings. The van der Waals surface area contributed by atoms with E-state index in [2.05, 4.69) is 19.9 Å². The molecule has 0 aliphatic carbocycles. The summed E-state index contributed by atoms with van der Waals surface area (Å²) in [6.07, 6.45) is 2.35. The van der Waals surface area contributed by atoms with Crippen molar-refractivity contribution in [1.29, 1.82) is 0 Å². The molecular weight excluding hydrogens is 284 g/mol. The third-order valence-corrected chi connectivity index (χ3v) is 3.20. The van der Waals surface area contributed by atoms with E-state index in [1.807, 2.05) is 6.92 Å². The fourth-order valence-electron chi connectivity index (χ4n) is 2.25. The number of carbonyl (C=O) groups is 1. The molecule has 8 heteroatoms. The smallest absolute Gasteiger partial charge is 0.327 e. The molecule has 0 aromatic carbocycles. The van der Waals surface area contributed by atoms with Gasteiger partial charge in [0.25, 0.3) is 5.91 Å². The Morgan fingerprint density at radius 3 is 2.82 bits per heavy atom. The van der Waals surface area contributed by atoms with E-state index in [1.165, 1.54) is 4.57 Å². The Hall–Kier alpha value is -3.03. The average Bonchev–Trinajstić information content (AvgIpc) is 2.83. The molecule has 3 aromatic heterocycles. The Kier molecular flexibility index (Phi) is 3.42. The van der Waals surface area contributed by atoms with Crippen LogP contribution in [0.3, 0.4) is 0 Å². The lowest BCUT2D eigenvalue weighted by Gasteiger charge is -2.05. The molecule has 1 amide bonds. The number of primary amides is 1. The lowest BCUT2D eigenvalue weighted by atomic mass is 10.3. The number of aryl methyl sites for hydroxylation is 1. The summed E-state index contributed by atoms with van der Waals surface area (Å²) in [6, 6.07) is 5.28. The monoisotopic (exact) mass is 298 g/mol. The van der Waals surface area contributed by atoms with Crippen molar-refractivity contribution in [3.05, 3.63) is 40.6 Å². The van der Waals surface area contributed by atoms with Crippen LogP contribution in [0.15, 0.2) is 29.2 Å². The van der Waals surface area contributed by atoms with E-state index in [0.717, 1.165) is 6.42 Å². The summed E-state index contributed by atoms with van der Waals surface area (Å²) in [7, 11) is 0. The number of nitrogens with one attached hydrogen (secondary N) is 1. The number of amides is 1. The van der Waals surface area contributed by atoms with Crippen LogP contribution in [0.5, 0.6) is 0 Å². The summed E-state index contributed by atoms with van der Waals surface area (Å²) in [4.78, 5) is 39.0. The summed E-state index contributed by atoms with van der Waals surface area (Å²) in [6.45, 7) is 2.43. The molecule has 0 atom stereocenters. The van der Waals surface area contributed by atoms with E-state index in [9.17, 15) is 9.59 Å². The van der Waals surface area contributed by atoms with Gasteiger partial charge in [-0.05, 0) is 18.6 Å². The number of nitrogens with two attached hydrogens (primary N) is 1. The molecule has 0 radical (unpaired) electrons. The Balaban J connectivity index is 2.34. The van der Waals surface area contributed by atoms with Crippen LogP contribution < -0.4 is 11.4 Å². The molecule has 0 unspecified atom stereocenters. The zero-order chi connectivity index (χ0) is 15.7. The largest absolute Gasteiger partial charge is 0.364 e. The van der Waals surface area contributed by atoms with Crippen LogP contribution in [-0.2, 0) is 6.54 Å². The van der Waals surface area contributed by atoms with E-state index in [1.54, 1.807) is 24.4 Å². The quantitative estimate of drug-likeness (QED) is 0.734. The van der Waals surface area contributed by atoms with Crippen LogP contribution >= 0.6 is 0 Å². The fraction of sp³-hybridized carbons (Fsp3) is 0.214. The highest BCUT2D eigenvalue weighted by Gasteiger charge is 2.19. The maximum absolute atomic E-state index is 12.0. The number of rotatable bonds is 4. The van der Waals surface area contributed by atoms with E-state index >= 15 is 0 Å². The van der Waals surface area contributed by atoms with Crippen LogP contribution in [0, 0.1) is 0 Å². The van der Waals surface area contributed by atoms with Gasteiger partial charge in [0.05, 0.1) is 0 Å².